The highest BCUT2D eigenvalue weighted by atomic mass is 32.2. The number of esters is 1. The summed E-state index contributed by atoms with van der Waals surface area (Å²) in [5.74, 6) is -0.731. The molecule has 1 aliphatic heterocycles. The van der Waals surface area contributed by atoms with Gasteiger partial charge in [0.25, 0.3) is 10.0 Å². The van der Waals surface area contributed by atoms with E-state index < -0.39 is 16.0 Å². The predicted octanol–water partition coefficient (Wildman–Crippen LogP) is 4.05. The van der Waals surface area contributed by atoms with Crippen LogP contribution in [0.5, 0.6) is 5.75 Å². The second-order valence-electron chi connectivity index (χ2n) is 8.09. The molecule has 2 aromatic carbocycles. The molecule has 7 heteroatoms. The summed E-state index contributed by atoms with van der Waals surface area (Å²) in [5, 5.41) is 10.0. The number of phenolic OH excluding ortho intramolecular Hbond substituents is 1. The molecule has 160 valence electrons. The number of methoxy groups -OCH3 is 1. The van der Waals surface area contributed by atoms with Gasteiger partial charge in [-0.2, -0.15) is 0 Å². The van der Waals surface area contributed by atoms with Crippen molar-refractivity contribution in [3.8, 4) is 5.75 Å². The molecule has 1 aliphatic carbocycles. The Morgan fingerprint density at radius 3 is 2.57 bits per heavy atom. The minimum atomic E-state index is -3.93. The summed E-state index contributed by atoms with van der Waals surface area (Å²) in [6.45, 7) is 2.08. The van der Waals surface area contributed by atoms with E-state index in [2.05, 4.69) is 13.0 Å². The van der Waals surface area contributed by atoms with E-state index in [0.717, 1.165) is 49.8 Å². The topological polar surface area (TPSA) is 83.9 Å². The lowest BCUT2D eigenvalue weighted by Gasteiger charge is -2.45. The molecule has 2 aliphatic rings. The van der Waals surface area contributed by atoms with Crippen LogP contribution in [0.15, 0.2) is 41.3 Å². The number of sulfonamides is 1. The first-order valence-corrected chi connectivity index (χ1v) is 11.9. The highest BCUT2D eigenvalue weighted by Gasteiger charge is 2.42. The average Bonchev–Trinajstić information content (AvgIpc) is 2.71. The van der Waals surface area contributed by atoms with Crippen LogP contribution < -0.4 is 4.31 Å². The van der Waals surface area contributed by atoms with Gasteiger partial charge >= 0.3 is 5.97 Å². The Morgan fingerprint density at radius 1 is 1.17 bits per heavy atom. The van der Waals surface area contributed by atoms with Crippen molar-refractivity contribution in [1.82, 2.24) is 0 Å². The summed E-state index contributed by atoms with van der Waals surface area (Å²) in [7, 11) is -2.74. The molecule has 1 saturated carbocycles. The van der Waals surface area contributed by atoms with Gasteiger partial charge < -0.3 is 9.84 Å². The number of hydrogen-bond donors (Lipinski definition) is 1. The highest BCUT2D eigenvalue weighted by Crippen LogP contribution is 2.43. The van der Waals surface area contributed by atoms with Crippen molar-refractivity contribution >= 4 is 21.7 Å². The fourth-order valence-electron chi connectivity index (χ4n) is 4.50. The maximum absolute atomic E-state index is 13.8. The molecule has 0 spiro atoms. The Kier molecular flexibility index (Phi) is 5.49. The molecular formula is C23H27NO5S. The molecule has 1 N–H and O–H groups in total. The van der Waals surface area contributed by atoms with Crippen molar-refractivity contribution in [2.24, 2.45) is 5.92 Å². The molecule has 1 atom stereocenters. The quantitative estimate of drug-likeness (QED) is 0.725. The number of anilines is 1. The number of aromatic hydroxyl groups is 1. The van der Waals surface area contributed by atoms with Crippen LogP contribution in [0.4, 0.5) is 5.69 Å². The highest BCUT2D eigenvalue weighted by molar-refractivity contribution is 7.92. The number of nitrogens with zero attached hydrogens (tertiary/aromatic N) is 1. The Bertz CT molecular complexity index is 1070. The molecule has 30 heavy (non-hydrogen) atoms. The average molecular weight is 430 g/mol. The molecule has 6 nitrogen and oxygen atoms in total. The molecule has 1 fully saturated rings. The SMILES string of the molecule is CCc1ccc2c(c1)CCC(C1CCC1)N2S(=O)(=O)c1ccc(O)c(C(=O)OC)c1. The van der Waals surface area contributed by atoms with Gasteiger partial charge in [-0.05, 0) is 73.4 Å². The molecule has 4 rings (SSSR count). The van der Waals surface area contributed by atoms with Crippen LogP contribution in [-0.4, -0.2) is 32.6 Å². The molecule has 0 amide bonds. The van der Waals surface area contributed by atoms with Crippen LogP contribution >= 0.6 is 0 Å². The molecule has 1 heterocycles. The van der Waals surface area contributed by atoms with Crippen molar-refractivity contribution in [3.63, 3.8) is 0 Å². The van der Waals surface area contributed by atoms with Gasteiger partial charge in [-0.3, -0.25) is 4.31 Å². The summed E-state index contributed by atoms with van der Waals surface area (Å²) >= 11 is 0. The van der Waals surface area contributed by atoms with E-state index in [4.69, 9.17) is 4.74 Å². The van der Waals surface area contributed by atoms with Crippen LogP contribution in [0.3, 0.4) is 0 Å². The van der Waals surface area contributed by atoms with E-state index in [9.17, 15) is 18.3 Å². The van der Waals surface area contributed by atoms with Crippen molar-refractivity contribution in [3.05, 3.63) is 53.1 Å². The maximum Gasteiger partial charge on any atom is 0.341 e. The minimum absolute atomic E-state index is 0.0163. The number of rotatable bonds is 5. The number of benzene rings is 2. The smallest absolute Gasteiger partial charge is 0.341 e. The fraction of sp³-hybridized carbons (Fsp3) is 0.435. The van der Waals surface area contributed by atoms with Crippen LogP contribution in [0.2, 0.25) is 0 Å². The van der Waals surface area contributed by atoms with Gasteiger partial charge in [0, 0.05) is 6.04 Å². The summed E-state index contributed by atoms with van der Waals surface area (Å²) in [4.78, 5) is 12.0. The fourth-order valence-corrected chi connectivity index (χ4v) is 6.30. The molecule has 0 aromatic heterocycles. The van der Waals surface area contributed by atoms with E-state index in [1.165, 1.54) is 30.9 Å². The molecule has 0 radical (unpaired) electrons. The Hall–Kier alpha value is -2.54. The summed E-state index contributed by atoms with van der Waals surface area (Å²) in [6, 6.07) is 9.71. The maximum atomic E-state index is 13.8. The lowest BCUT2D eigenvalue weighted by Crippen LogP contribution is -2.49. The van der Waals surface area contributed by atoms with Gasteiger partial charge in [0.1, 0.15) is 11.3 Å². The van der Waals surface area contributed by atoms with Crippen LogP contribution in [-0.2, 0) is 27.6 Å². The molecule has 0 bridgehead atoms. The third-order valence-corrected chi connectivity index (χ3v) is 8.26. The van der Waals surface area contributed by atoms with Gasteiger partial charge in [-0.15, -0.1) is 0 Å². The standard InChI is InChI=1S/C23H27NO5S/c1-3-15-7-10-21-17(13-15)8-11-20(16-5-4-6-16)24(21)30(27,28)18-9-12-22(25)19(14-18)23(26)29-2/h7,9-10,12-14,16,20,25H,3-6,8,11H2,1-2H3. The van der Waals surface area contributed by atoms with Gasteiger partial charge in [-0.1, -0.05) is 25.5 Å². The first kappa shape index (κ1) is 20.7. The largest absolute Gasteiger partial charge is 0.507 e. The second kappa shape index (κ2) is 7.95. The van der Waals surface area contributed by atoms with Crippen LogP contribution in [0.1, 0.15) is 54.1 Å². The zero-order chi connectivity index (χ0) is 21.5. The van der Waals surface area contributed by atoms with E-state index >= 15 is 0 Å². The van der Waals surface area contributed by atoms with Crippen molar-refractivity contribution in [2.45, 2.75) is 56.4 Å². The normalized spacial score (nSPS) is 19.1. The summed E-state index contributed by atoms with van der Waals surface area (Å²) < 4.78 is 33.9. The number of aryl methyl sites for hydroxylation is 2. The Balaban J connectivity index is 1.83. The summed E-state index contributed by atoms with van der Waals surface area (Å²) in [6.07, 6.45) is 5.73. The molecular weight excluding hydrogens is 402 g/mol. The number of hydrogen-bond acceptors (Lipinski definition) is 5. The van der Waals surface area contributed by atoms with E-state index in [1.54, 1.807) is 4.31 Å². The number of carbonyl (C=O) groups is 1. The Labute approximate surface area is 177 Å². The summed E-state index contributed by atoms with van der Waals surface area (Å²) in [5.41, 5.74) is 2.80. The lowest BCUT2D eigenvalue weighted by molar-refractivity contribution is 0.0597. The number of ether oxygens (including phenoxy) is 1. The third-order valence-electron chi connectivity index (χ3n) is 6.42. The van der Waals surface area contributed by atoms with Gasteiger partial charge in [0.2, 0.25) is 0 Å². The first-order chi connectivity index (χ1) is 14.4. The van der Waals surface area contributed by atoms with E-state index in [-0.39, 0.29) is 22.3 Å². The van der Waals surface area contributed by atoms with Crippen molar-refractivity contribution in [1.29, 1.82) is 0 Å². The zero-order valence-electron chi connectivity index (χ0n) is 17.3. The van der Waals surface area contributed by atoms with Crippen LogP contribution in [0, 0.1) is 5.92 Å². The number of phenols is 1. The molecule has 2 aromatic rings. The third kappa shape index (κ3) is 3.45. The first-order valence-electron chi connectivity index (χ1n) is 10.4. The Morgan fingerprint density at radius 2 is 1.93 bits per heavy atom. The van der Waals surface area contributed by atoms with Gasteiger partial charge in [-0.25, -0.2) is 13.2 Å². The minimum Gasteiger partial charge on any atom is -0.507 e. The second-order valence-corrected chi connectivity index (χ2v) is 9.90. The molecule has 0 saturated heterocycles. The number of carbonyl (C=O) groups excluding carboxylic acids is 1. The van der Waals surface area contributed by atoms with Crippen molar-refractivity contribution in [2.75, 3.05) is 11.4 Å². The van der Waals surface area contributed by atoms with Crippen molar-refractivity contribution < 1.29 is 23.1 Å². The van der Waals surface area contributed by atoms with Crippen LogP contribution in [0.25, 0.3) is 0 Å². The van der Waals surface area contributed by atoms with E-state index in [1.807, 2.05) is 12.1 Å². The lowest BCUT2D eigenvalue weighted by atomic mass is 9.76. The van der Waals surface area contributed by atoms with Gasteiger partial charge in [0.05, 0.1) is 17.7 Å². The zero-order valence-corrected chi connectivity index (χ0v) is 18.1. The number of fused-ring (bicyclic) bond motifs is 1. The predicted molar refractivity (Wildman–Crippen MR) is 114 cm³/mol. The van der Waals surface area contributed by atoms with Gasteiger partial charge in [0.15, 0.2) is 0 Å². The monoisotopic (exact) mass is 429 g/mol. The van der Waals surface area contributed by atoms with E-state index in [0.29, 0.717) is 5.92 Å². The molecule has 1 unspecified atom stereocenters.